The first-order valence-electron chi connectivity index (χ1n) is 4.23. The minimum atomic E-state index is -1.79. The summed E-state index contributed by atoms with van der Waals surface area (Å²) in [5.41, 5.74) is 0. The van der Waals surface area contributed by atoms with E-state index >= 15 is 0 Å². The highest BCUT2D eigenvalue weighted by atomic mass is 17.4. The lowest BCUT2D eigenvalue weighted by Crippen LogP contribution is -2.51. The maximum absolute atomic E-state index is 10.7. The molecule has 6 heteroatoms. The predicted octanol–water partition coefficient (Wildman–Crippen LogP) is 0.492. The second-order valence-electron chi connectivity index (χ2n) is 3.16. The monoisotopic (exact) mass is 210 g/mol. The maximum Gasteiger partial charge on any atom is 0.429 e. The fourth-order valence-electron chi connectivity index (χ4n) is 1.34. The van der Waals surface area contributed by atoms with Gasteiger partial charge in [-0.2, -0.15) is 4.89 Å². The number of para-hydroxylation sites is 1. The van der Waals surface area contributed by atoms with Gasteiger partial charge in [-0.1, -0.05) is 18.2 Å². The first-order chi connectivity index (χ1) is 7.19. The van der Waals surface area contributed by atoms with E-state index < -0.39 is 17.7 Å². The Morgan fingerprint density at radius 2 is 2.00 bits per heavy atom. The molecule has 2 atom stereocenters. The quantitative estimate of drug-likeness (QED) is 0.578. The van der Waals surface area contributed by atoms with Crippen molar-refractivity contribution in [2.45, 2.75) is 11.8 Å². The van der Waals surface area contributed by atoms with Crippen LogP contribution in [-0.2, 0) is 19.3 Å². The number of carboxylic acid groups (broad SMARTS) is 1. The Morgan fingerprint density at radius 3 is 2.47 bits per heavy atom. The van der Waals surface area contributed by atoms with Crippen LogP contribution in [0, 0.1) is 0 Å². The Labute approximate surface area is 83.9 Å². The lowest BCUT2D eigenvalue weighted by atomic mass is 10.3. The molecule has 3 rings (SSSR count). The molecule has 1 aromatic rings. The summed E-state index contributed by atoms with van der Waals surface area (Å²) in [6.45, 7) is 0. The van der Waals surface area contributed by atoms with Gasteiger partial charge in [-0.3, -0.25) is 4.74 Å². The summed E-state index contributed by atoms with van der Waals surface area (Å²) < 4.78 is 10.0. The molecule has 0 saturated carbocycles. The Hall–Kier alpha value is -1.63. The fourth-order valence-corrected chi connectivity index (χ4v) is 1.34. The van der Waals surface area contributed by atoms with Crippen LogP contribution < -0.4 is 4.74 Å². The van der Waals surface area contributed by atoms with Crippen LogP contribution in [-0.4, -0.2) is 22.8 Å². The lowest BCUT2D eigenvalue weighted by Gasteiger charge is -2.23. The van der Waals surface area contributed by atoms with Gasteiger partial charge in [0.05, 0.1) is 0 Å². The Morgan fingerprint density at radius 1 is 1.27 bits per heavy atom. The average molecular weight is 210 g/mol. The molecule has 1 aromatic carbocycles. The van der Waals surface area contributed by atoms with E-state index in [9.17, 15) is 4.79 Å². The maximum atomic E-state index is 10.7. The third-order valence-electron chi connectivity index (χ3n) is 2.19. The summed E-state index contributed by atoms with van der Waals surface area (Å²) in [5, 5.41) is 8.77. The van der Waals surface area contributed by atoms with E-state index in [4.69, 9.17) is 14.6 Å². The number of carbonyl (C=O) groups is 1. The molecule has 0 amide bonds. The predicted molar refractivity (Wildman–Crippen MR) is 43.4 cm³/mol. The van der Waals surface area contributed by atoms with Crippen LogP contribution in [0.4, 0.5) is 0 Å². The number of ether oxygens (including phenoxy) is 2. The van der Waals surface area contributed by atoms with Gasteiger partial charge in [0, 0.05) is 0 Å². The normalized spacial score (nSPS) is 36.3. The van der Waals surface area contributed by atoms with Crippen molar-refractivity contribution in [1.29, 1.82) is 0 Å². The zero-order chi connectivity index (χ0) is 10.5. The van der Waals surface area contributed by atoms with Crippen LogP contribution in [0.5, 0.6) is 5.75 Å². The Bertz CT molecular complexity index is 418. The summed E-state index contributed by atoms with van der Waals surface area (Å²) in [6.07, 6.45) is 0. The van der Waals surface area contributed by atoms with Gasteiger partial charge in [-0.15, -0.1) is 4.89 Å². The molecule has 2 heterocycles. The van der Waals surface area contributed by atoms with Crippen LogP contribution >= 0.6 is 0 Å². The van der Waals surface area contributed by atoms with E-state index in [0.29, 0.717) is 5.75 Å². The van der Waals surface area contributed by atoms with Gasteiger partial charge < -0.3 is 9.84 Å². The first kappa shape index (κ1) is 8.66. The van der Waals surface area contributed by atoms with Crippen molar-refractivity contribution < 1.29 is 29.1 Å². The van der Waals surface area contributed by atoms with Crippen LogP contribution in [0.3, 0.4) is 0 Å². The van der Waals surface area contributed by atoms with E-state index in [1.807, 2.05) is 0 Å². The molecule has 0 aliphatic carbocycles. The molecule has 2 unspecified atom stereocenters. The Balaban J connectivity index is 1.80. The van der Waals surface area contributed by atoms with E-state index in [0.717, 1.165) is 0 Å². The minimum absolute atomic E-state index is 0.448. The van der Waals surface area contributed by atoms with Crippen molar-refractivity contribution in [3.8, 4) is 5.75 Å². The highest BCUT2D eigenvalue weighted by Crippen LogP contribution is 2.59. The number of benzene rings is 1. The van der Waals surface area contributed by atoms with Crippen molar-refractivity contribution >= 4 is 5.97 Å². The topological polar surface area (TPSA) is 77.5 Å². The summed E-state index contributed by atoms with van der Waals surface area (Å²) in [5.74, 6) is -4.23. The molecule has 15 heavy (non-hydrogen) atoms. The molecule has 0 radical (unpaired) electrons. The minimum Gasteiger partial charge on any atom is -0.477 e. The molecule has 2 aliphatic rings. The number of carboxylic acids is 1. The fraction of sp³-hybridized carbons (Fsp3) is 0.222. The van der Waals surface area contributed by atoms with Crippen molar-refractivity contribution in [3.63, 3.8) is 0 Å². The molecule has 2 saturated heterocycles. The Kier molecular flexibility index (Phi) is 1.43. The lowest BCUT2D eigenvalue weighted by molar-refractivity contribution is -0.495. The van der Waals surface area contributed by atoms with Gasteiger partial charge in [-0.05, 0) is 12.1 Å². The van der Waals surface area contributed by atoms with Crippen LogP contribution in [0.25, 0.3) is 0 Å². The molecular formula is C9H6O6. The third kappa shape index (κ3) is 0.953. The third-order valence-corrected chi connectivity index (χ3v) is 2.19. The summed E-state index contributed by atoms with van der Waals surface area (Å²) in [7, 11) is 0. The van der Waals surface area contributed by atoms with Crippen LogP contribution in [0.15, 0.2) is 30.3 Å². The van der Waals surface area contributed by atoms with Gasteiger partial charge in [0.15, 0.2) is 0 Å². The van der Waals surface area contributed by atoms with E-state index in [1.54, 1.807) is 30.3 Å². The van der Waals surface area contributed by atoms with Crippen molar-refractivity contribution in [3.05, 3.63) is 30.3 Å². The summed E-state index contributed by atoms with van der Waals surface area (Å²) in [4.78, 5) is 19.6. The molecular weight excluding hydrogens is 204 g/mol. The number of hydrogen-bond donors (Lipinski definition) is 1. The molecule has 0 aromatic heterocycles. The first-order valence-corrected chi connectivity index (χ1v) is 4.23. The van der Waals surface area contributed by atoms with Gasteiger partial charge in [-0.25, -0.2) is 4.79 Å². The van der Waals surface area contributed by atoms with E-state index in [1.165, 1.54) is 0 Å². The van der Waals surface area contributed by atoms with Gasteiger partial charge in [0.25, 0.3) is 0 Å². The van der Waals surface area contributed by atoms with Crippen molar-refractivity contribution in [2.24, 2.45) is 0 Å². The molecule has 1 N–H and O–H groups in total. The van der Waals surface area contributed by atoms with E-state index in [-0.39, 0.29) is 0 Å². The molecule has 0 bridgehead atoms. The smallest absolute Gasteiger partial charge is 0.429 e. The molecule has 0 spiro atoms. The highest BCUT2D eigenvalue weighted by Gasteiger charge is 2.93. The summed E-state index contributed by atoms with van der Waals surface area (Å²) in [6, 6.07) is 8.61. The van der Waals surface area contributed by atoms with Crippen LogP contribution in [0.2, 0.25) is 0 Å². The molecule has 78 valence electrons. The SMILES string of the molecule is O=C(O)C12OOC1(Oc1ccccc1)O2. The second kappa shape index (κ2) is 2.48. The average Bonchev–Trinajstić information content (AvgIpc) is 2.68. The van der Waals surface area contributed by atoms with E-state index in [2.05, 4.69) is 9.78 Å². The standard InChI is InChI=1S/C9H6O6/c10-7(11)8-9(13-8,15-14-8)12-6-4-2-1-3-5-6/h1-5H,(H,10,11). The summed E-state index contributed by atoms with van der Waals surface area (Å²) >= 11 is 0. The molecule has 2 fully saturated rings. The number of epoxide rings is 1. The molecule has 2 aliphatic heterocycles. The highest BCUT2D eigenvalue weighted by molar-refractivity contribution is 5.80. The van der Waals surface area contributed by atoms with Crippen molar-refractivity contribution in [1.82, 2.24) is 0 Å². The largest absolute Gasteiger partial charge is 0.477 e. The number of fused-ring (bicyclic) bond motifs is 1. The zero-order valence-electron chi connectivity index (χ0n) is 7.38. The van der Waals surface area contributed by atoms with Gasteiger partial charge in [0.1, 0.15) is 5.75 Å². The van der Waals surface area contributed by atoms with Crippen LogP contribution in [0.1, 0.15) is 0 Å². The molecule has 6 nitrogen and oxygen atoms in total. The second-order valence-corrected chi connectivity index (χ2v) is 3.16. The van der Waals surface area contributed by atoms with Gasteiger partial charge in [0.2, 0.25) is 0 Å². The number of aliphatic carboxylic acids is 1. The number of hydrogen-bond acceptors (Lipinski definition) is 5. The number of rotatable bonds is 3. The van der Waals surface area contributed by atoms with Crippen molar-refractivity contribution in [2.75, 3.05) is 0 Å². The van der Waals surface area contributed by atoms with Gasteiger partial charge >= 0.3 is 17.7 Å². The zero-order valence-corrected chi connectivity index (χ0v) is 7.38.